The lowest BCUT2D eigenvalue weighted by atomic mass is 10.0. The second-order valence-electron chi connectivity index (χ2n) is 5.40. The van der Waals surface area contributed by atoms with Gasteiger partial charge in [0.25, 0.3) is 0 Å². The standard InChI is InChI=1S/C19H15BrNO2/c1-22-17-10-15-14(18(20)19(17)23-2)7-6-12-9-13-5-3-4-8-21(13)11-16(12)15/h3-11H,1-2H3/q+1. The van der Waals surface area contributed by atoms with Crippen molar-refractivity contribution in [2.45, 2.75) is 0 Å². The minimum Gasteiger partial charge on any atom is -0.493 e. The zero-order valence-electron chi connectivity index (χ0n) is 12.8. The lowest BCUT2D eigenvalue weighted by Gasteiger charge is -2.13. The Balaban J connectivity index is 2.19. The molecule has 4 aromatic rings. The van der Waals surface area contributed by atoms with Crippen LogP contribution in [0.5, 0.6) is 11.5 Å². The first-order valence-electron chi connectivity index (χ1n) is 7.30. The van der Waals surface area contributed by atoms with E-state index >= 15 is 0 Å². The highest BCUT2D eigenvalue weighted by atomic mass is 79.9. The first-order chi connectivity index (χ1) is 11.2. The predicted molar refractivity (Wildman–Crippen MR) is 95.4 cm³/mol. The molecule has 2 heterocycles. The molecular formula is C19H15BrNO2+. The Hall–Kier alpha value is -2.33. The molecule has 0 amide bonds. The summed E-state index contributed by atoms with van der Waals surface area (Å²) in [6.45, 7) is 0. The van der Waals surface area contributed by atoms with Crippen molar-refractivity contribution < 1.29 is 13.9 Å². The Labute approximate surface area is 142 Å². The van der Waals surface area contributed by atoms with Gasteiger partial charge in [-0.2, -0.15) is 4.40 Å². The van der Waals surface area contributed by atoms with Gasteiger partial charge < -0.3 is 9.47 Å². The number of benzene rings is 2. The molecule has 0 radical (unpaired) electrons. The van der Waals surface area contributed by atoms with Crippen LogP contribution in [-0.4, -0.2) is 14.2 Å². The van der Waals surface area contributed by atoms with E-state index in [1.807, 2.05) is 18.2 Å². The van der Waals surface area contributed by atoms with E-state index in [1.165, 1.54) is 16.3 Å². The number of rotatable bonds is 2. The van der Waals surface area contributed by atoms with Crippen molar-refractivity contribution in [1.29, 1.82) is 0 Å². The maximum absolute atomic E-state index is 5.50. The van der Waals surface area contributed by atoms with Crippen molar-refractivity contribution >= 4 is 43.0 Å². The molecule has 0 fully saturated rings. The molecular weight excluding hydrogens is 354 g/mol. The van der Waals surface area contributed by atoms with Crippen molar-refractivity contribution in [3.05, 3.63) is 59.3 Å². The second-order valence-corrected chi connectivity index (χ2v) is 6.19. The molecule has 0 saturated heterocycles. The lowest BCUT2D eigenvalue weighted by molar-refractivity contribution is -0.510. The van der Waals surface area contributed by atoms with Gasteiger partial charge in [-0.15, -0.1) is 0 Å². The molecule has 23 heavy (non-hydrogen) atoms. The van der Waals surface area contributed by atoms with Crippen LogP contribution >= 0.6 is 15.9 Å². The van der Waals surface area contributed by atoms with Gasteiger partial charge in [-0.25, -0.2) is 0 Å². The van der Waals surface area contributed by atoms with Gasteiger partial charge in [0, 0.05) is 29.0 Å². The van der Waals surface area contributed by atoms with Crippen LogP contribution in [-0.2, 0) is 0 Å². The molecule has 0 saturated carbocycles. The van der Waals surface area contributed by atoms with Crippen molar-refractivity contribution in [2.75, 3.05) is 14.2 Å². The fourth-order valence-corrected chi connectivity index (χ4v) is 3.75. The maximum atomic E-state index is 5.50. The van der Waals surface area contributed by atoms with Crippen molar-refractivity contribution in [1.82, 2.24) is 0 Å². The zero-order valence-corrected chi connectivity index (χ0v) is 14.4. The Bertz CT molecular complexity index is 1060. The summed E-state index contributed by atoms with van der Waals surface area (Å²) < 4.78 is 14.0. The minimum atomic E-state index is 0.716. The highest BCUT2D eigenvalue weighted by Gasteiger charge is 2.16. The van der Waals surface area contributed by atoms with Gasteiger partial charge in [-0.1, -0.05) is 12.1 Å². The van der Waals surface area contributed by atoms with Crippen LogP contribution in [0, 0.1) is 0 Å². The SMILES string of the molecule is COc1cc2c(ccc3cc4cccc[n+]4cc32)c(Br)c1OC. The molecule has 0 spiro atoms. The Morgan fingerprint density at radius 1 is 0.913 bits per heavy atom. The normalized spacial score (nSPS) is 11.3. The molecule has 114 valence electrons. The summed E-state index contributed by atoms with van der Waals surface area (Å²) in [6.07, 6.45) is 4.22. The fourth-order valence-electron chi connectivity index (χ4n) is 3.05. The summed E-state index contributed by atoms with van der Waals surface area (Å²) >= 11 is 3.66. The first-order valence-corrected chi connectivity index (χ1v) is 8.09. The maximum Gasteiger partial charge on any atom is 0.211 e. The summed E-state index contributed by atoms with van der Waals surface area (Å²) in [7, 11) is 3.31. The summed E-state index contributed by atoms with van der Waals surface area (Å²) in [5, 5.41) is 4.60. The topological polar surface area (TPSA) is 22.6 Å². The highest BCUT2D eigenvalue weighted by Crippen LogP contribution is 2.43. The molecule has 0 bridgehead atoms. The monoisotopic (exact) mass is 368 g/mol. The molecule has 0 unspecified atom stereocenters. The summed E-state index contributed by atoms with van der Waals surface area (Å²) in [6, 6.07) is 14.7. The Kier molecular flexibility index (Phi) is 3.34. The van der Waals surface area contributed by atoms with Gasteiger partial charge in [0.15, 0.2) is 23.9 Å². The van der Waals surface area contributed by atoms with Crippen LogP contribution < -0.4 is 13.9 Å². The third kappa shape index (κ3) is 2.13. The number of fused-ring (bicyclic) bond motifs is 4. The van der Waals surface area contributed by atoms with Gasteiger partial charge in [-0.3, -0.25) is 0 Å². The van der Waals surface area contributed by atoms with Crippen molar-refractivity contribution in [3.63, 3.8) is 0 Å². The Morgan fingerprint density at radius 2 is 1.78 bits per heavy atom. The van der Waals surface area contributed by atoms with E-state index in [4.69, 9.17) is 9.47 Å². The van der Waals surface area contributed by atoms with Gasteiger partial charge in [0.2, 0.25) is 5.52 Å². The second kappa shape index (κ2) is 5.39. The van der Waals surface area contributed by atoms with Crippen LogP contribution in [0.1, 0.15) is 0 Å². The number of halogens is 1. The highest BCUT2D eigenvalue weighted by molar-refractivity contribution is 9.10. The smallest absolute Gasteiger partial charge is 0.211 e. The lowest BCUT2D eigenvalue weighted by Crippen LogP contribution is -2.19. The number of ether oxygens (including phenoxy) is 2. The van der Waals surface area contributed by atoms with Crippen LogP contribution in [0.2, 0.25) is 0 Å². The number of pyridine rings is 2. The molecule has 0 atom stereocenters. The van der Waals surface area contributed by atoms with E-state index < -0.39 is 0 Å². The molecule has 0 aliphatic heterocycles. The first kappa shape index (κ1) is 14.3. The Morgan fingerprint density at radius 3 is 2.57 bits per heavy atom. The number of hydrogen-bond donors (Lipinski definition) is 0. The van der Waals surface area contributed by atoms with Crippen LogP contribution in [0.4, 0.5) is 0 Å². The van der Waals surface area contributed by atoms with Gasteiger partial charge >= 0.3 is 0 Å². The number of methoxy groups -OCH3 is 2. The quantitative estimate of drug-likeness (QED) is 0.295. The van der Waals surface area contributed by atoms with E-state index in [1.54, 1.807) is 14.2 Å². The zero-order chi connectivity index (χ0) is 16.0. The average molecular weight is 369 g/mol. The van der Waals surface area contributed by atoms with E-state index in [-0.39, 0.29) is 0 Å². The van der Waals surface area contributed by atoms with Crippen molar-refractivity contribution in [3.8, 4) is 11.5 Å². The summed E-state index contributed by atoms with van der Waals surface area (Å²) in [5.74, 6) is 1.44. The van der Waals surface area contributed by atoms with Crippen LogP contribution in [0.3, 0.4) is 0 Å². The third-order valence-corrected chi connectivity index (χ3v) is 4.96. The van der Waals surface area contributed by atoms with E-state index in [9.17, 15) is 0 Å². The molecule has 0 N–H and O–H groups in total. The number of hydrogen-bond acceptors (Lipinski definition) is 2. The molecule has 0 aliphatic carbocycles. The number of aromatic nitrogens is 1. The average Bonchev–Trinajstić information content (AvgIpc) is 2.59. The van der Waals surface area contributed by atoms with Gasteiger partial charge in [0.1, 0.15) is 0 Å². The number of nitrogens with zero attached hydrogens (tertiary/aromatic N) is 1. The fraction of sp³-hybridized carbons (Fsp3) is 0.105. The van der Waals surface area contributed by atoms with Crippen molar-refractivity contribution in [2.24, 2.45) is 0 Å². The van der Waals surface area contributed by atoms with Gasteiger partial charge in [-0.05, 0) is 33.4 Å². The summed E-state index contributed by atoms with van der Waals surface area (Å²) in [5.41, 5.74) is 1.17. The molecule has 0 aliphatic rings. The molecule has 4 heteroatoms. The predicted octanol–water partition coefficient (Wildman–Crippen LogP) is 4.51. The molecule has 4 rings (SSSR count). The third-order valence-electron chi connectivity index (χ3n) is 4.17. The minimum absolute atomic E-state index is 0.716. The molecule has 3 nitrogen and oxygen atoms in total. The van der Waals surface area contributed by atoms with E-state index in [0.29, 0.717) is 5.75 Å². The molecule has 2 aromatic heterocycles. The van der Waals surface area contributed by atoms with Crippen LogP contribution in [0.25, 0.3) is 27.1 Å². The van der Waals surface area contributed by atoms with E-state index in [2.05, 4.69) is 57.0 Å². The van der Waals surface area contributed by atoms with Crippen LogP contribution in [0.15, 0.2) is 59.3 Å². The summed E-state index contributed by atoms with van der Waals surface area (Å²) in [4.78, 5) is 0. The van der Waals surface area contributed by atoms with Gasteiger partial charge in [0.05, 0.1) is 24.1 Å². The van der Waals surface area contributed by atoms with E-state index in [0.717, 1.165) is 21.0 Å². The largest absolute Gasteiger partial charge is 0.493 e. The molecule has 2 aromatic carbocycles.